The summed E-state index contributed by atoms with van der Waals surface area (Å²) in [6.45, 7) is 6.85. The molecule has 0 heterocycles. The molecule has 0 unspecified atom stereocenters. The number of amides is 2. The van der Waals surface area contributed by atoms with Crippen molar-refractivity contribution >= 4 is 28.9 Å². The first-order chi connectivity index (χ1) is 12.3. The summed E-state index contributed by atoms with van der Waals surface area (Å²) in [5.41, 5.74) is 3.97. The van der Waals surface area contributed by atoms with E-state index in [1.165, 1.54) is 6.92 Å². The Morgan fingerprint density at radius 1 is 1.00 bits per heavy atom. The molecule has 26 heavy (non-hydrogen) atoms. The first-order valence-corrected chi connectivity index (χ1v) is 8.31. The summed E-state index contributed by atoms with van der Waals surface area (Å²) in [5.74, 6) is -0.395. The Labute approximate surface area is 153 Å². The number of anilines is 2. The molecular weight excluding hydrogens is 330 g/mol. The van der Waals surface area contributed by atoms with Gasteiger partial charge in [-0.25, -0.2) is 0 Å². The molecule has 2 aromatic rings. The monoisotopic (exact) mass is 353 g/mol. The number of aryl methyl sites for hydroxylation is 1. The van der Waals surface area contributed by atoms with Crippen molar-refractivity contribution in [2.75, 3.05) is 10.6 Å². The van der Waals surface area contributed by atoms with Crippen molar-refractivity contribution in [1.82, 2.24) is 0 Å². The lowest BCUT2D eigenvalue weighted by molar-refractivity contribution is -0.126. The number of rotatable bonds is 6. The summed E-state index contributed by atoms with van der Waals surface area (Å²) in [6, 6.07) is 14.8. The Kier molecular flexibility index (Phi) is 6.49. The highest BCUT2D eigenvalue weighted by Gasteiger charge is 2.14. The smallest absolute Gasteiger partial charge is 0.267 e. The second-order valence-electron chi connectivity index (χ2n) is 6.04. The van der Waals surface area contributed by atoms with E-state index < -0.39 is 6.10 Å². The highest BCUT2D eigenvalue weighted by Crippen LogP contribution is 2.12. The van der Waals surface area contributed by atoms with E-state index in [9.17, 15) is 9.59 Å². The maximum Gasteiger partial charge on any atom is 0.267 e. The van der Waals surface area contributed by atoms with Gasteiger partial charge in [0, 0.05) is 18.3 Å². The first-order valence-electron chi connectivity index (χ1n) is 8.31. The highest BCUT2D eigenvalue weighted by atomic mass is 16.6. The van der Waals surface area contributed by atoms with Gasteiger partial charge >= 0.3 is 0 Å². The maximum atomic E-state index is 12.2. The van der Waals surface area contributed by atoms with E-state index in [0.717, 1.165) is 16.8 Å². The standard InChI is InChI=1S/C20H23N3O3/c1-13-6-5-7-19(12-13)22-20(25)15(3)26-23-14(2)17-8-10-18(11-9-17)21-16(4)24/h5-12,15H,1-4H3,(H,21,24)(H,22,25)/b23-14-/t15-/m0/s1. The zero-order valence-corrected chi connectivity index (χ0v) is 15.4. The predicted molar refractivity (Wildman–Crippen MR) is 103 cm³/mol. The molecule has 0 saturated carbocycles. The minimum atomic E-state index is -0.732. The Balaban J connectivity index is 1.94. The minimum Gasteiger partial charge on any atom is -0.382 e. The van der Waals surface area contributed by atoms with Crippen molar-refractivity contribution in [1.29, 1.82) is 0 Å². The van der Waals surface area contributed by atoms with Gasteiger partial charge in [0.25, 0.3) is 5.91 Å². The van der Waals surface area contributed by atoms with E-state index in [1.54, 1.807) is 26.0 Å². The lowest BCUT2D eigenvalue weighted by Crippen LogP contribution is -2.26. The number of benzene rings is 2. The SMILES string of the molecule is CC(=O)Nc1ccc(/C(C)=N\O[C@@H](C)C(=O)Nc2cccc(C)c2)cc1. The van der Waals surface area contributed by atoms with Crippen molar-refractivity contribution in [2.24, 2.45) is 5.16 Å². The van der Waals surface area contributed by atoms with E-state index >= 15 is 0 Å². The molecule has 2 rings (SSSR count). The molecule has 2 N–H and O–H groups in total. The van der Waals surface area contributed by atoms with Crippen molar-refractivity contribution < 1.29 is 14.4 Å². The molecule has 6 heteroatoms. The molecule has 0 saturated heterocycles. The first kappa shape index (κ1) is 19.2. The van der Waals surface area contributed by atoms with Gasteiger partial charge in [-0.15, -0.1) is 0 Å². The molecule has 0 aliphatic carbocycles. The third kappa shape index (κ3) is 5.73. The number of carbonyl (C=O) groups is 2. The fraction of sp³-hybridized carbons (Fsp3) is 0.250. The van der Waals surface area contributed by atoms with E-state index in [0.29, 0.717) is 11.4 Å². The van der Waals surface area contributed by atoms with Gasteiger partial charge in [0.15, 0.2) is 0 Å². The van der Waals surface area contributed by atoms with Gasteiger partial charge in [-0.05, 0) is 56.2 Å². The summed E-state index contributed by atoms with van der Waals surface area (Å²) < 4.78 is 0. The fourth-order valence-corrected chi connectivity index (χ4v) is 2.22. The normalized spacial score (nSPS) is 12.2. The van der Waals surface area contributed by atoms with Crippen molar-refractivity contribution in [3.8, 4) is 0 Å². The summed E-state index contributed by atoms with van der Waals surface area (Å²) in [7, 11) is 0. The van der Waals surface area contributed by atoms with Crippen LogP contribution in [0.2, 0.25) is 0 Å². The Bertz CT molecular complexity index is 813. The number of nitrogens with zero attached hydrogens (tertiary/aromatic N) is 1. The topological polar surface area (TPSA) is 79.8 Å². The van der Waals surface area contributed by atoms with Gasteiger partial charge in [0.2, 0.25) is 12.0 Å². The predicted octanol–water partition coefficient (Wildman–Crippen LogP) is 3.72. The van der Waals surface area contributed by atoms with Crippen LogP contribution in [0.1, 0.15) is 31.9 Å². The van der Waals surface area contributed by atoms with Crippen LogP contribution >= 0.6 is 0 Å². The maximum absolute atomic E-state index is 12.2. The molecular formula is C20H23N3O3. The molecule has 0 radical (unpaired) electrons. The second kappa shape index (κ2) is 8.80. The van der Waals surface area contributed by atoms with Crippen LogP contribution < -0.4 is 10.6 Å². The summed E-state index contributed by atoms with van der Waals surface area (Å²) in [4.78, 5) is 28.5. The van der Waals surface area contributed by atoms with Crippen LogP contribution in [0, 0.1) is 6.92 Å². The average molecular weight is 353 g/mol. The lowest BCUT2D eigenvalue weighted by atomic mass is 10.1. The van der Waals surface area contributed by atoms with E-state index in [-0.39, 0.29) is 11.8 Å². The zero-order chi connectivity index (χ0) is 19.1. The Morgan fingerprint density at radius 3 is 2.31 bits per heavy atom. The number of carbonyl (C=O) groups excluding carboxylic acids is 2. The van der Waals surface area contributed by atoms with Crippen LogP contribution in [0.4, 0.5) is 11.4 Å². The van der Waals surface area contributed by atoms with Crippen LogP contribution in [0.3, 0.4) is 0 Å². The van der Waals surface area contributed by atoms with E-state index in [2.05, 4.69) is 15.8 Å². The van der Waals surface area contributed by atoms with Crippen LogP contribution in [0.5, 0.6) is 0 Å². The van der Waals surface area contributed by atoms with Gasteiger partial charge in [-0.2, -0.15) is 0 Å². The molecule has 2 aromatic carbocycles. The third-order valence-corrected chi connectivity index (χ3v) is 3.63. The van der Waals surface area contributed by atoms with Crippen molar-refractivity contribution in [2.45, 2.75) is 33.8 Å². The number of nitrogens with one attached hydrogen (secondary N) is 2. The lowest BCUT2D eigenvalue weighted by Gasteiger charge is -2.12. The molecule has 0 aromatic heterocycles. The van der Waals surface area contributed by atoms with Crippen molar-refractivity contribution in [3.05, 3.63) is 59.7 Å². The van der Waals surface area contributed by atoms with Gasteiger partial charge in [0.1, 0.15) is 0 Å². The third-order valence-electron chi connectivity index (χ3n) is 3.63. The Morgan fingerprint density at radius 2 is 1.69 bits per heavy atom. The van der Waals surface area contributed by atoms with Crippen molar-refractivity contribution in [3.63, 3.8) is 0 Å². The molecule has 0 fully saturated rings. The number of oxime groups is 1. The molecule has 136 valence electrons. The number of hydrogen-bond donors (Lipinski definition) is 2. The highest BCUT2D eigenvalue weighted by molar-refractivity contribution is 5.99. The Hall–Kier alpha value is -3.15. The van der Waals surface area contributed by atoms with Crippen LogP contribution in [0.25, 0.3) is 0 Å². The summed E-state index contributed by atoms with van der Waals surface area (Å²) >= 11 is 0. The molecule has 2 amide bonds. The molecule has 0 spiro atoms. The molecule has 6 nitrogen and oxygen atoms in total. The van der Waals surface area contributed by atoms with Crippen LogP contribution in [-0.2, 0) is 14.4 Å². The van der Waals surface area contributed by atoms with E-state index in [4.69, 9.17) is 4.84 Å². The fourth-order valence-electron chi connectivity index (χ4n) is 2.22. The molecule has 0 aliphatic rings. The zero-order valence-electron chi connectivity index (χ0n) is 15.4. The van der Waals surface area contributed by atoms with Gasteiger partial charge < -0.3 is 15.5 Å². The average Bonchev–Trinajstić information content (AvgIpc) is 2.59. The van der Waals surface area contributed by atoms with Crippen LogP contribution in [-0.4, -0.2) is 23.6 Å². The van der Waals surface area contributed by atoms with Gasteiger partial charge in [-0.3, -0.25) is 9.59 Å². The minimum absolute atomic E-state index is 0.125. The molecule has 0 aliphatic heterocycles. The quantitative estimate of drug-likeness (QED) is 0.613. The molecule has 0 bridgehead atoms. The summed E-state index contributed by atoms with van der Waals surface area (Å²) in [6.07, 6.45) is -0.732. The largest absolute Gasteiger partial charge is 0.382 e. The van der Waals surface area contributed by atoms with Gasteiger partial charge in [0.05, 0.1) is 5.71 Å². The number of hydrogen-bond acceptors (Lipinski definition) is 4. The molecule has 1 atom stereocenters. The van der Waals surface area contributed by atoms with Crippen LogP contribution in [0.15, 0.2) is 53.7 Å². The second-order valence-corrected chi connectivity index (χ2v) is 6.04. The summed E-state index contributed by atoms with van der Waals surface area (Å²) in [5, 5.41) is 9.53. The van der Waals surface area contributed by atoms with E-state index in [1.807, 2.05) is 43.3 Å². The van der Waals surface area contributed by atoms with Gasteiger partial charge in [-0.1, -0.05) is 29.4 Å².